The molecule has 0 bridgehead atoms. The van der Waals surface area contributed by atoms with Gasteiger partial charge in [0.1, 0.15) is 0 Å². The molecule has 0 heterocycles. The molecule has 0 N–H and O–H groups in total. The second-order valence-corrected chi connectivity index (χ2v) is 2.93. The van der Waals surface area contributed by atoms with Crippen molar-refractivity contribution in [3.05, 3.63) is 47.5 Å². The molecule has 11 heavy (non-hydrogen) atoms. The first kappa shape index (κ1) is 6.68. The lowest BCUT2D eigenvalue weighted by Crippen LogP contribution is -1.59. The molecule has 0 radical (unpaired) electrons. The molecule has 0 amide bonds. The van der Waals surface area contributed by atoms with Crippen LogP contribution in [-0.4, -0.2) is 0 Å². The summed E-state index contributed by atoms with van der Waals surface area (Å²) in [6.45, 7) is 0. The number of halogens is 1. The highest BCUT2D eigenvalue weighted by atomic mass is 35.5. The van der Waals surface area contributed by atoms with Crippen LogP contribution in [-0.2, 0) is 0 Å². The Morgan fingerprint density at radius 2 is 1.36 bits per heavy atom. The van der Waals surface area contributed by atoms with Gasteiger partial charge < -0.3 is 0 Å². The van der Waals surface area contributed by atoms with Crippen LogP contribution in [0.4, 0.5) is 0 Å². The van der Waals surface area contributed by atoms with Crippen LogP contribution in [0.3, 0.4) is 0 Å². The van der Waals surface area contributed by atoms with E-state index in [-0.39, 0.29) is 0 Å². The Bertz CT molecular complexity index is 310. The van der Waals surface area contributed by atoms with Crippen LogP contribution in [0.25, 0.3) is 11.1 Å². The van der Waals surface area contributed by atoms with E-state index in [1.165, 1.54) is 11.1 Å². The summed E-state index contributed by atoms with van der Waals surface area (Å²) in [5, 5.41) is 0.811. The average molecular weight is 163 g/mol. The van der Waals surface area contributed by atoms with Crippen molar-refractivity contribution < 1.29 is 0 Å². The van der Waals surface area contributed by atoms with Gasteiger partial charge in [-0.2, -0.15) is 0 Å². The quantitative estimate of drug-likeness (QED) is 0.557. The van der Waals surface area contributed by atoms with Gasteiger partial charge in [0.05, 0.1) is 0 Å². The molecule has 0 aromatic heterocycles. The minimum absolute atomic E-state index is 0.811. The largest absolute Gasteiger partial charge is 0.0843 e. The zero-order valence-electron chi connectivity index (χ0n) is 5.92. The number of hydrogen-bond acceptors (Lipinski definition) is 0. The maximum absolute atomic E-state index is 5.83. The molecule has 0 aromatic rings. The van der Waals surface area contributed by atoms with Gasteiger partial charge in [0.15, 0.2) is 0 Å². The van der Waals surface area contributed by atoms with Crippen molar-refractivity contribution in [2.45, 2.75) is 0 Å². The third kappa shape index (κ3) is 1.22. The highest BCUT2D eigenvalue weighted by Crippen LogP contribution is 2.27. The zero-order valence-corrected chi connectivity index (χ0v) is 6.68. The van der Waals surface area contributed by atoms with E-state index in [1.54, 1.807) is 0 Å². The second-order valence-electron chi connectivity index (χ2n) is 2.49. The van der Waals surface area contributed by atoms with Crippen molar-refractivity contribution in [3.63, 3.8) is 0 Å². The Morgan fingerprint density at radius 1 is 0.818 bits per heavy atom. The Morgan fingerprint density at radius 3 is 1.91 bits per heavy atom. The van der Waals surface area contributed by atoms with Gasteiger partial charge in [-0.1, -0.05) is 41.9 Å². The van der Waals surface area contributed by atoms with Crippen LogP contribution in [0.15, 0.2) is 42.5 Å². The summed E-state index contributed by atoms with van der Waals surface area (Å²) in [4.78, 5) is 0. The maximum Gasteiger partial charge on any atom is 0.0418 e. The van der Waals surface area contributed by atoms with Crippen LogP contribution < -0.4 is 0 Å². The molecule has 0 saturated heterocycles. The van der Waals surface area contributed by atoms with Gasteiger partial charge in [0, 0.05) is 5.02 Å². The van der Waals surface area contributed by atoms with Crippen molar-refractivity contribution in [2.24, 2.45) is 0 Å². The molecule has 0 spiro atoms. The third-order valence-electron chi connectivity index (χ3n) is 1.69. The minimum atomic E-state index is 0.811. The Labute approximate surface area is 70.8 Å². The minimum Gasteiger partial charge on any atom is -0.0843 e. The lowest BCUT2D eigenvalue weighted by Gasteiger charge is -1.85. The van der Waals surface area contributed by atoms with Crippen LogP contribution in [0.2, 0.25) is 5.02 Å². The molecule has 2 aliphatic rings. The summed E-state index contributed by atoms with van der Waals surface area (Å²) >= 11 is 5.83. The van der Waals surface area contributed by atoms with Gasteiger partial charge >= 0.3 is 0 Å². The van der Waals surface area contributed by atoms with Gasteiger partial charge in [0.25, 0.3) is 0 Å². The molecule has 1 heteroatoms. The summed E-state index contributed by atoms with van der Waals surface area (Å²) in [5.41, 5.74) is 2.39. The van der Waals surface area contributed by atoms with Gasteiger partial charge in [-0.3, -0.25) is 0 Å². The first-order valence-electron chi connectivity index (χ1n) is 3.50. The smallest absolute Gasteiger partial charge is 0.0418 e. The first-order valence-corrected chi connectivity index (χ1v) is 3.88. The van der Waals surface area contributed by atoms with Crippen molar-refractivity contribution in [1.82, 2.24) is 0 Å². The van der Waals surface area contributed by atoms with Crippen molar-refractivity contribution >= 4 is 11.6 Å². The van der Waals surface area contributed by atoms with E-state index in [0.717, 1.165) is 5.02 Å². The maximum atomic E-state index is 5.83. The zero-order chi connectivity index (χ0) is 7.68. The van der Waals surface area contributed by atoms with Gasteiger partial charge in [0.2, 0.25) is 0 Å². The first-order chi connectivity index (χ1) is 5.36. The van der Waals surface area contributed by atoms with E-state index in [9.17, 15) is 0 Å². The summed E-state index contributed by atoms with van der Waals surface area (Å²) in [6.07, 6.45) is 0. The molecular formula is C10H7Cl. The lowest BCUT2D eigenvalue weighted by atomic mass is 10.2. The van der Waals surface area contributed by atoms with E-state index < -0.39 is 0 Å². The van der Waals surface area contributed by atoms with E-state index in [2.05, 4.69) is 12.1 Å². The molecule has 0 aromatic carbocycles. The normalized spacial score (nSPS) is 10.3. The van der Waals surface area contributed by atoms with Crippen LogP contribution in [0.5, 0.6) is 0 Å². The van der Waals surface area contributed by atoms with Crippen LogP contribution >= 0.6 is 11.6 Å². The van der Waals surface area contributed by atoms with Gasteiger partial charge in [-0.05, 0) is 23.3 Å². The van der Waals surface area contributed by atoms with Gasteiger partial charge in [-0.25, -0.2) is 0 Å². The van der Waals surface area contributed by atoms with Crippen LogP contribution in [0, 0.1) is 0 Å². The Kier molecular flexibility index (Phi) is 1.55. The molecule has 2 aliphatic carbocycles. The lowest BCUT2D eigenvalue weighted by molar-refractivity contribution is 1.84. The fourth-order valence-corrected chi connectivity index (χ4v) is 1.41. The molecule has 0 saturated carbocycles. The molecule has 0 nitrogen and oxygen atoms in total. The number of fused-ring (bicyclic) bond motifs is 1. The van der Waals surface area contributed by atoms with Gasteiger partial charge in [-0.15, -0.1) is 0 Å². The number of hydrogen-bond donors (Lipinski definition) is 0. The summed E-state index contributed by atoms with van der Waals surface area (Å²) in [7, 11) is 0. The SMILES string of the molecule is Clc1cc2cccccc-2c1. The predicted molar refractivity (Wildman–Crippen MR) is 48.1 cm³/mol. The molecule has 0 aliphatic heterocycles. The second kappa shape index (κ2) is 2.55. The van der Waals surface area contributed by atoms with E-state index in [1.807, 2.05) is 30.3 Å². The standard InChI is InChI=1S/C10H7Cl/c11-10-6-8-4-2-1-3-5-9(8)7-10/h1-7H. The Balaban J connectivity index is 2.73. The van der Waals surface area contributed by atoms with E-state index in [0.29, 0.717) is 0 Å². The molecule has 54 valence electrons. The molecule has 0 fully saturated rings. The topological polar surface area (TPSA) is 0 Å². The highest BCUT2D eigenvalue weighted by molar-refractivity contribution is 6.31. The molecule has 0 atom stereocenters. The van der Waals surface area contributed by atoms with E-state index >= 15 is 0 Å². The fraction of sp³-hybridized carbons (Fsp3) is 0. The third-order valence-corrected chi connectivity index (χ3v) is 1.91. The molecule has 2 rings (SSSR count). The summed E-state index contributed by atoms with van der Waals surface area (Å²) in [6, 6.07) is 14.1. The van der Waals surface area contributed by atoms with Crippen LogP contribution in [0.1, 0.15) is 0 Å². The summed E-state index contributed by atoms with van der Waals surface area (Å²) < 4.78 is 0. The van der Waals surface area contributed by atoms with Crippen molar-refractivity contribution in [2.75, 3.05) is 0 Å². The van der Waals surface area contributed by atoms with Crippen molar-refractivity contribution in [3.8, 4) is 11.1 Å². The predicted octanol–water partition coefficient (Wildman–Crippen LogP) is 3.44. The highest BCUT2D eigenvalue weighted by Gasteiger charge is 2.00. The Hall–Kier alpha value is -1.01. The average Bonchev–Trinajstić information content (AvgIpc) is 2.17. The van der Waals surface area contributed by atoms with Crippen molar-refractivity contribution in [1.29, 1.82) is 0 Å². The monoisotopic (exact) mass is 162 g/mol. The molecule has 0 unspecified atom stereocenters. The fourth-order valence-electron chi connectivity index (χ4n) is 1.18. The molecular weight excluding hydrogens is 156 g/mol. The number of rotatable bonds is 0. The van der Waals surface area contributed by atoms with E-state index in [4.69, 9.17) is 11.6 Å². The summed E-state index contributed by atoms with van der Waals surface area (Å²) in [5.74, 6) is 0.